The molecule has 0 aromatic carbocycles. The molecule has 6 fully saturated rings. The molecule has 6 aliphatic rings. The van der Waals surface area contributed by atoms with E-state index in [4.69, 9.17) is 4.74 Å². The lowest BCUT2D eigenvalue weighted by Crippen LogP contribution is -3.00. The van der Waals surface area contributed by atoms with Gasteiger partial charge in [0.15, 0.2) is 0 Å². The Morgan fingerprint density at radius 3 is 2.42 bits per heavy atom. The minimum Gasteiger partial charge on any atom is -1.00 e. The zero-order valence-electron chi connectivity index (χ0n) is 22.8. The number of halogens is 1. The lowest BCUT2D eigenvalue weighted by Gasteiger charge is -2.62. The van der Waals surface area contributed by atoms with Crippen molar-refractivity contribution in [1.29, 1.82) is 0 Å². The first-order chi connectivity index (χ1) is 16.8. The maximum atomic E-state index is 11.9. The summed E-state index contributed by atoms with van der Waals surface area (Å²) < 4.78 is 6.73. The molecule has 6 rings (SSSR count). The van der Waals surface area contributed by atoms with Gasteiger partial charge in [0.05, 0.1) is 39.0 Å². The van der Waals surface area contributed by atoms with Crippen LogP contribution in [-0.2, 0) is 4.74 Å². The number of aliphatic hydroxyl groups is 2. The van der Waals surface area contributed by atoms with Crippen molar-refractivity contribution in [2.45, 2.75) is 95.9 Å². The second-order valence-corrected chi connectivity index (χ2v) is 14.0. The van der Waals surface area contributed by atoms with E-state index in [1.807, 2.05) is 0 Å². The average molecular weight is 568 g/mol. The third-order valence-corrected chi connectivity index (χ3v) is 12.8. The van der Waals surface area contributed by atoms with Crippen LogP contribution in [0.2, 0.25) is 0 Å². The fourth-order valence-electron chi connectivity index (χ4n) is 10.9. The minimum absolute atomic E-state index is 0. The van der Waals surface area contributed by atoms with Crippen molar-refractivity contribution in [3.05, 3.63) is 12.7 Å². The molecule has 6 heteroatoms. The predicted molar refractivity (Wildman–Crippen MR) is 139 cm³/mol. The second kappa shape index (κ2) is 10.2. The number of hydrogen-bond donors (Lipinski definition) is 2. The summed E-state index contributed by atoms with van der Waals surface area (Å²) in [4.78, 5) is 2.54. The molecule has 10 atom stereocenters. The number of ether oxygens (including phenoxy) is 1. The summed E-state index contributed by atoms with van der Waals surface area (Å²) >= 11 is 0. The molecule has 5 nitrogen and oxygen atoms in total. The van der Waals surface area contributed by atoms with E-state index in [2.05, 4.69) is 31.4 Å². The van der Waals surface area contributed by atoms with E-state index in [0.29, 0.717) is 29.3 Å². The van der Waals surface area contributed by atoms with E-state index in [1.165, 1.54) is 58.0 Å². The highest BCUT2D eigenvalue weighted by Crippen LogP contribution is 2.67. The first-order valence-electron chi connectivity index (χ1n) is 15.0. The molecule has 36 heavy (non-hydrogen) atoms. The maximum absolute atomic E-state index is 11.9. The molecule has 0 spiro atoms. The highest BCUT2D eigenvalue weighted by atomic mass is 79.9. The van der Waals surface area contributed by atoms with Gasteiger partial charge >= 0.3 is 0 Å². The molecular weight excluding hydrogens is 516 g/mol. The summed E-state index contributed by atoms with van der Waals surface area (Å²) in [5, 5.41) is 23.1. The Balaban J connectivity index is 0.00000267. The lowest BCUT2D eigenvalue weighted by atomic mass is 9.44. The number of morpholine rings is 1. The van der Waals surface area contributed by atoms with Crippen molar-refractivity contribution in [2.75, 3.05) is 45.9 Å². The fraction of sp³-hybridized carbons (Fsp3) is 0.933. The largest absolute Gasteiger partial charge is 1.00 e. The van der Waals surface area contributed by atoms with Gasteiger partial charge in [-0.15, -0.1) is 0 Å². The summed E-state index contributed by atoms with van der Waals surface area (Å²) in [6, 6.07) is 0.684. The first-order valence-corrected chi connectivity index (χ1v) is 15.0. The van der Waals surface area contributed by atoms with Crippen LogP contribution in [0.25, 0.3) is 0 Å². The zero-order chi connectivity index (χ0) is 24.4. The Morgan fingerprint density at radius 2 is 1.72 bits per heavy atom. The molecule has 2 aliphatic heterocycles. The monoisotopic (exact) mass is 566 g/mol. The fourth-order valence-corrected chi connectivity index (χ4v) is 10.9. The normalized spacial score (nSPS) is 50.4. The van der Waals surface area contributed by atoms with Crippen LogP contribution in [0, 0.1) is 34.5 Å². The number of fused-ring (bicyclic) bond motifs is 5. The number of aliphatic hydroxyl groups excluding tert-OH is 2. The summed E-state index contributed by atoms with van der Waals surface area (Å²) in [7, 11) is 0. The van der Waals surface area contributed by atoms with Crippen LogP contribution < -0.4 is 17.0 Å². The smallest absolute Gasteiger partial charge is 0.116 e. The Hall–Kier alpha value is 0.0200. The van der Waals surface area contributed by atoms with Gasteiger partial charge in [-0.1, -0.05) is 20.4 Å². The number of hydrogen-bond acceptors (Lipinski definition) is 4. The van der Waals surface area contributed by atoms with Crippen molar-refractivity contribution < 1.29 is 36.4 Å². The molecule has 0 aromatic rings. The van der Waals surface area contributed by atoms with E-state index in [9.17, 15) is 10.2 Å². The molecule has 2 saturated heterocycles. The lowest BCUT2D eigenvalue weighted by molar-refractivity contribution is -0.938. The molecule has 0 amide bonds. The van der Waals surface area contributed by atoms with E-state index < -0.39 is 0 Å². The Bertz CT molecular complexity index is 799. The van der Waals surface area contributed by atoms with Crippen LogP contribution in [0.1, 0.15) is 71.6 Å². The van der Waals surface area contributed by atoms with Crippen molar-refractivity contribution in [2.24, 2.45) is 34.5 Å². The van der Waals surface area contributed by atoms with E-state index in [0.717, 1.165) is 62.0 Å². The number of likely N-dealkylation sites (tertiary alicyclic amines) is 1. The molecule has 2 heterocycles. The summed E-state index contributed by atoms with van der Waals surface area (Å²) in [5.74, 6) is 2.78. The topological polar surface area (TPSA) is 52.9 Å². The van der Waals surface area contributed by atoms with Crippen LogP contribution in [0.3, 0.4) is 0 Å². The van der Waals surface area contributed by atoms with Crippen LogP contribution >= 0.6 is 0 Å². The summed E-state index contributed by atoms with van der Waals surface area (Å²) in [6.07, 6.45) is 12.7. The molecular formula is C30H51BrN2O3. The van der Waals surface area contributed by atoms with Gasteiger partial charge in [-0.2, -0.15) is 0 Å². The van der Waals surface area contributed by atoms with Gasteiger partial charge in [0, 0.05) is 43.8 Å². The number of nitrogens with zero attached hydrogens (tertiary/aromatic N) is 2. The van der Waals surface area contributed by atoms with Gasteiger partial charge in [0.1, 0.15) is 12.1 Å². The highest BCUT2D eigenvalue weighted by Gasteiger charge is 2.66. The maximum Gasteiger partial charge on any atom is 0.116 e. The summed E-state index contributed by atoms with van der Waals surface area (Å²) in [5.41, 5.74) is 0.387. The molecule has 206 valence electrons. The van der Waals surface area contributed by atoms with E-state index >= 15 is 0 Å². The highest BCUT2D eigenvalue weighted by molar-refractivity contribution is 5.13. The van der Waals surface area contributed by atoms with Crippen LogP contribution in [-0.4, -0.2) is 89.8 Å². The SMILES string of the molecule is C=CC[N+]1([C@H]2C[C@@H]3[C@@H]4CC[C@@H]5C[C@@H](O)[C@@H](N6CCOCC6)C[C@]5(C)[C@@H]4CC[C@]3(C)[C@H]2O)CCCC1.[Br-]. The third-order valence-electron chi connectivity index (χ3n) is 12.8. The van der Waals surface area contributed by atoms with Crippen LogP contribution in [0.5, 0.6) is 0 Å². The van der Waals surface area contributed by atoms with Gasteiger partial charge in [0.2, 0.25) is 0 Å². The molecule has 0 unspecified atom stereocenters. The Labute approximate surface area is 230 Å². The number of rotatable bonds is 4. The third kappa shape index (κ3) is 4.11. The molecule has 4 aliphatic carbocycles. The van der Waals surface area contributed by atoms with Gasteiger partial charge in [-0.3, -0.25) is 4.90 Å². The Morgan fingerprint density at radius 1 is 1.00 bits per heavy atom. The first kappa shape index (κ1) is 27.6. The quantitative estimate of drug-likeness (QED) is 0.391. The van der Waals surface area contributed by atoms with Gasteiger partial charge < -0.3 is 36.4 Å². The predicted octanol–water partition coefficient (Wildman–Crippen LogP) is 0.841. The average Bonchev–Trinajstić information content (AvgIpc) is 3.43. The van der Waals surface area contributed by atoms with Crippen molar-refractivity contribution >= 4 is 0 Å². The van der Waals surface area contributed by atoms with E-state index in [-0.39, 0.29) is 34.6 Å². The minimum atomic E-state index is -0.187. The van der Waals surface area contributed by atoms with Gasteiger partial charge in [-0.05, 0) is 73.7 Å². The Kier molecular flexibility index (Phi) is 7.82. The second-order valence-electron chi connectivity index (χ2n) is 14.0. The molecule has 0 aromatic heterocycles. The van der Waals surface area contributed by atoms with Crippen LogP contribution in [0.4, 0.5) is 0 Å². The van der Waals surface area contributed by atoms with Crippen LogP contribution in [0.15, 0.2) is 12.7 Å². The zero-order valence-corrected chi connectivity index (χ0v) is 24.4. The van der Waals surface area contributed by atoms with Gasteiger partial charge in [0.25, 0.3) is 0 Å². The van der Waals surface area contributed by atoms with E-state index in [1.54, 1.807) is 0 Å². The molecule has 0 radical (unpaired) electrons. The van der Waals surface area contributed by atoms with Crippen molar-refractivity contribution in [3.63, 3.8) is 0 Å². The molecule has 2 N–H and O–H groups in total. The van der Waals surface area contributed by atoms with Gasteiger partial charge in [-0.25, -0.2) is 0 Å². The van der Waals surface area contributed by atoms with Crippen molar-refractivity contribution in [3.8, 4) is 0 Å². The molecule has 0 bridgehead atoms. The standard InChI is InChI=1S/C30H51N2O3.BrH/c1-4-13-32(14-5-6-15-32)26-19-24-22-8-7-21-18-27(33)25(31-11-16-35-17-12-31)20-30(21,3)23(22)9-10-29(24,2)28(26)34;/h4,21-28,33-34H,1,5-20H2,2-3H3;1H/q+1;/p-1/t21-,22-,23-,24-,25+,26+,27-,28+,29+,30+;/m1./s1. The summed E-state index contributed by atoms with van der Waals surface area (Å²) in [6.45, 7) is 16.2. The molecule has 4 saturated carbocycles. The van der Waals surface area contributed by atoms with Crippen molar-refractivity contribution in [1.82, 2.24) is 4.90 Å². The number of quaternary nitrogens is 1.